The highest BCUT2D eigenvalue weighted by Crippen LogP contribution is 2.46. The molecule has 1 aliphatic heterocycles. The number of carbonyl (C=O) groups excluding carboxylic acids is 2. The van der Waals surface area contributed by atoms with E-state index in [2.05, 4.69) is 10.4 Å². The number of anilines is 1. The molecule has 0 bridgehead atoms. The minimum Gasteiger partial charge on any atom is -0.323 e. The molecule has 6 heteroatoms. The maximum atomic E-state index is 12.4. The van der Waals surface area contributed by atoms with Crippen LogP contribution in [0.2, 0.25) is 0 Å². The molecule has 0 atom stereocenters. The number of likely N-dealkylation sites (tertiary alicyclic amines) is 1. The van der Waals surface area contributed by atoms with Gasteiger partial charge in [0.25, 0.3) is 0 Å². The predicted octanol–water partition coefficient (Wildman–Crippen LogP) is 2.47. The first-order valence-electron chi connectivity index (χ1n) is 7.71. The van der Waals surface area contributed by atoms with Crippen LogP contribution in [-0.4, -0.2) is 39.7 Å². The number of rotatable bonds is 1. The van der Waals surface area contributed by atoms with Crippen LogP contribution in [0.1, 0.15) is 45.4 Å². The Labute approximate surface area is 124 Å². The summed E-state index contributed by atoms with van der Waals surface area (Å²) in [4.78, 5) is 25.3. The van der Waals surface area contributed by atoms with Gasteiger partial charge in [0.2, 0.25) is 5.91 Å². The van der Waals surface area contributed by atoms with Crippen molar-refractivity contribution in [3.8, 4) is 0 Å². The average Bonchev–Trinajstić information content (AvgIpc) is 3.09. The third kappa shape index (κ3) is 2.94. The first-order valence-corrected chi connectivity index (χ1v) is 7.71. The highest BCUT2D eigenvalue weighted by atomic mass is 16.2. The first kappa shape index (κ1) is 14.1. The first-order chi connectivity index (χ1) is 10.1. The van der Waals surface area contributed by atoms with Gasteiger partial charge in [-0.05, 0) is 31.1 Å². The fourth-order valence-corrected chi connectivity index (χ4v) is 3.62. The van der Waals surface area contributed by atoms with Crippen molar-refractivity contribution in [2.75, 3.05) is 18.4 Å². The fraction of sp³-hybridized carbons (Fsp3) is 0.667. The number of amides is 2. The Morgan fingerprint density at radius 2 is 1.86 bits per heavy atom. The highest BCUT2D eigenvalue weighted by molar-refractivity contribution is 5.87. The fourth-order valence-electron chi connectivity index (χ4n) is 3.62. The summed E-state index contributed by atoms with van der Waals surface area (Å²) in [5.74, 6) is 0.231. The van der Waals surface area contributed by atoms with Gasteiger partial charge in [-0.1, -0.05) is 12.8 Å². The predicted molar refractivity (Wildman–Crippen MR) is 79.0 cm³/mol. The Bertz CT molecular complexity index is 536. The molecule has 2 heterocycles. The molecule has 1 saturated heterocycles. The normalized spacial score (nSPS) is 20.7. The quantitative estimate of drug-likeness (QED) is 0.864. The van der Waals surface area contributed by atoms with Gasteiger partial charge in [-0.15, -0.1) is 5.10 Å². The number of hydrogen-bond donors (Lipinski definition) is 1. The van der Waals surface area contributed by atoms with Gasteiger partial charge in [-0.2, -0.15) is 4.68 Å². The van der Waals surface area contributed by atoms with Crippen molar-refractivity contribution in [1.29, 1.82) is 0 Å². The van der Waals surface area contributed by atoms with E-state index in [1.165, 1.54) is 37.3 Å². The summed E-state index contributed by atoms with van der Waals surface area (Å²) >= 11 is 0. The molecule has 21 heavy (non-hydrogen) atoms. The van der Waals surface area contributed by atoms with Gasteiger partial charge in [0, 0.05) is 32.3 Å². The molecule has 2 fully saturated rings. The third-order valence-electron chi connectivity index (χ3n) is 4.85. The third-order valence-corrected chi connectivity index (χ3v) is 4.85. The van der Waals surface area contributed by atoms with Crippen molar-refractivity contribution in [3.05, 3.63) is 12.3 Å². The van der Waals surface area contributed by atoms with Crippen LogP contribution < -0.4 is 5.32 Å². The number of hydrogen-bond acceptors (Lipinski definition) is 3. The zero-order valence-corrected chi connectivity index (χ0v) is 12.5. The van der Waals surface area contributed by atoms with Crippen molar-refractivity contribution < 1.29 is 9.59 Å². The van der Waals surface area contributed by atoms with Crippen LogP contribution in [-0.2, 0) is 4.79 Å². The van der Waals surface area contributed by atoms with Gasteiger partial charge in [-0.25, -0.2) is 4.79 Å². The minimum absolute atomic E-state index is 0.0977. The molecule has 0 unspecified atom stereocenters. The van der Waals surface area contributed by atoms with Gasteiger partial charge >= 0.3 is 6.03 Å². The van der Waals surface area contributed by atoms with E-state index >= 15 is 0 Å². The Kier molecular flexibility index (Phi) is 3.69. The summed E-state index contributed by atoms with van der Waals surface area (Å²) in [5.41, 5.74) is 0.502. The van der Waals surface area contributed by atoms with Gasteiger partial charge in [0.15, 0.2) is 5.82 Å². The van der Waals surface area contributed by atoms with Crippen LogP contribution in [0.4, 0.5) is 10.6 Å². The number of piperidine rings is 1. The van der Waals surface area contributed by atoms with E-state index in [1.54, 1.807) is 12.3 Å². The molecule has 0 radical (unpaired) electrons. The van der Waals surface area contributed by atoms with Crippen molar-refractivity contribution >= 4 is 17.8 Å². The van der Waals surface area contributed by atoms with Gasteiger partial charge in [0.1, 0.15) is 0 Å². The summed E-state index contributed by atoms with van der Waals surface area (Å²) in [5, 5.41) is 6.69. The molecule has 0 aromatic carbocycles. The zero-order chi connectivity index (χ0) is 14.9. The Morgan fingerprint density at radius 1 is 1.19 bits per heavy atom. The monoisotopic (exact) mass is 290 g/mol. The maximum Gasteiger partial charge on any atom is 0.344 e. The molecule has 1 aromatic heterocycles. The molecule has 3 rings (SSSR count). The molecule has 6 nitrogen and oxygen atoms in total. The van der Waals surface area contributed by atoms with Gasteiger partial charge < -0.3 is 10.2 Å². The second-order valence-corrected chi connectivity index (χ2v) is 6.30. The Balaban J connectivity index is 1.61. The number of carbonyl (C=O) groups is 2. The minimum atomic E-state index is -0.186. The number of aromatic nitrogens is 2. The molecule has 1 aromatic rings. The Morgan fingerprint density at radius 3 is 2.48 bits per heavy atom. The van der Waals surface area contributed by atoms with Crippen molar-refractivity contribution in [2.45, 2.75) is 45.4 Å². The second-order valence-electron chi connectivity index (χ2n) is 6.30. The van der Waals surface area contributed by atoms with Crippen LogP contribution >= 0.6 is 0 Å². The lowest BCUT2D eigenvalue weighted by molar-refractivity contribution is -0.114. The number of nitrogens with zero attached hydrogens (tertiary/aromatic N) is 3. The van der Waals surface area contributed by atoms with E-state index in [0.717, 1.165) is 25.9 Å². The molecule has 2 aliphatic rings. The van der Waals surface area contributed by atoms with Gasteiger partial charge in [0.05, 0.1) is 0 Å². The SMILES string of the molecule is CC(=O)Nc1ccn(C(=O)N2CCC3(CCCC3)CC2)n1. The van der Waals surface area contributed by atoms with E-state index in [4.69, 9.17) is 0 Å². The van der Waals surface area contributed by atoms with E-state index < -0.39 is 0 Å². The summed E-state index contributed by atoms with van der Waals surface area (Å²) in [6.07, 6.45) is 9.15. The van der Waals surface area contributed by atoms with Crippen LogP contribution in [0.5, 0.6) is 0 Å². The maximum absolute atomic E-state index is 12.4. The molecule has 2 amide bonds. The molecule has 1 spiro atoms. The number of nitrogens with one attached hydrogen (secondary N) is 1. The summed E-state index contributed by atoms with van der Waals surface area (Å²) < 4.78 is 1.32. The van der Waals surface area contributed by atoms with Crippen LogP contribution in [0.15, 0.2) is 12.3 Å². The molecule has 1 saturated carbocycles. The van der Waals surface area contributed by atoms with Crippen LogP contribution in [0.3, 0.4) is 0 Å². The lowest BCUT2D eigenvalue weighted by atomic mass is 9.77. The second kappa shape index (κ2) is 5.50. The lowest BCUT2D eigenvalue weighted by Crippen LogP contribution is -2.44. The molecular formula is C15H22N4O2. The van der Waals surface area contributed by atoms with Crippen LogP contribution in [0.25, 0.3) is 0 Å². The van der Waals surface area contributed by atoms with Crippen LogP contribution in [0, 0.1) is 5.41 Å². The molecule has 1 N–H and O–H groups in total. The van der Waals surface area contributed by atoms with Gasteiger partial charge in [-0.3, -0.25) is 4.79 Å². The molecular weight excluding hydrogens is 268 g/mol. The van der Waals surface area contributed by atoms with Crippen molar-refractivity contribution in [1.82, 2.24) is 14.7 Å². The van der Waals surface area contributed by atoms with Crippen molar-refractivity contribution in [3.63, 3.8) is 0 Å². The van der Waals surface area contributed by atoms with Crippen molar-refractivity contribution in [2.24, 2.45) is 5.41 Å². The smallest absolute Gasteiger partial charge is 0.323 e. The summed E-state index contributed by atoms with van der Waals surface area (Å²) in [6.45, 7) is 3.05. The summed E-state index contributed by atoms with van der Waals surface area (Å²) in [7, 11) is 0. The average molecular weight is 290 g/mol. The lowest BCUT2D eigenvalue weighted by Gasteiger charge is -2.39. The molecule has 1 aliphatic carbocycles. The topological polar surface area (TPSA) is 67.2 Å². The molecule has 114 valence electrons. The summed E-state index contributed by atoms with van der Waals surface area (Å²) in [6, 6.07) is 1.54. The standard InChI is InChI=1S/C15H22N4O2/c1-12(20)16-13-4-9-19(17-13)14(21)18-10-7-15(8-11-18)5-2-3-6-15/h4,9H,2-3,5-8,10-11H2,1H3,(H,16,17,20). The highest BCUT2D eigenvalue weighted by Gasteiger charge is 2.38. The van der Waals surface area contributed by atoms with E-state index in [-0.39, 0.29) is 11.9 Å². The van der Waals surface area contributed by atoms with E-state index in [1.807, 2.05) is 4.90 Å². The van der Waals surface area contributed by atoms with E-state index in [0.29, 0.717) is 11.2 Å². The zero-order valence-electron chi connectivity index (χ0n) is 12.5. The Hall–Kier alpha value is -1.85. The van der Waals surface area contributed by atoms with E-state index in [9.17, 15) is 9.59 Å². The largest absolute Gasteiger partial charge is 0.344 e.